The van der Waals surface area contributed by atoms with Crippen molar-refractivity contribution in [3.8, 4) is 23.0 Å². The average molecular weight is 347 g/mol. The molecule has 0 aliphatic heterocycles. The van der Waals surface area contributed by atoms with Crippen LogP contribution in [0.25, 0.3) is 11.5 Å². The quantitative estimate of drug-likeness (QED) is 0.758. The first-order valence-electron chi connectivity index (χ1n) is 6.20. The van der Waals surface area contributed by atoms with Gasteiger partial charge in [-0.15, -0.1) is 0 Å². The molecule has 3 aromatic rings. The highest BCUT2D eigenvalue weighted by Gasteiger charge is 2.11. The summed E-state index contributed by atoms with van der Waals surface area (Å²) < 4.78 is 6.17. The summed E-state index contributed by atoms with van der Waals surface area (Å²) in [4.78, 5) is 4.27. The summed E-state index contributed by atoms with van der Waals surface area (Å²) in [5, 5.41) is 22.8. The molecule has 1 heterocycles. The van der Waals surface area contributed by atoms with Gasteiger partial charge in [-0.05, 0) is 29.8 Å². The van der Waals surface area contributed by atoms with Crippen LogP contribution in [0, 0.1) is 0 Å². The SMILES string of the molecule is Oc1cc(O)cc(-c2nc(Cc3ccc(Br)cc3)no2)c1. The molecule has 0 aliphatic carbocycles. The Bertz CT molecular complexity index is 749. The van der Waals surface area contributed by atoms with Crippen LogP contribution in [0.3, 0.4) is 0 Å². The number of aromatic hydroxyl groups is 2. The van der Waals surface area contributed by atoms with Crippen molar-refractivity contribution in [3.63, 3.8) is 0 Å². The number of rotatable bonds is 3. The molecule has 3 rings (SSSR count). The van der Waals surface area contributed by atoms with Gasteiger partial charge < -0.3 is 14.7 Å². The van der Waals surface area contributed by atoms with Gasteiger partial charge >= 0.3 is 0 Å². The van der Waals surface area contributed by atoms with E-state index >= 15 is 0 Å². The van der Waals surface area contributed by atoms with Crippen LogP contribution in [0.1, 0.15) is 11.4 Å². The van der Waals surface area contributed by atoms with Gasteiger partial charge in [0.05, 0.1) is 0 Å². The summed E-state index contributed by atoms with van der Waals surface area (Å²) >= 11 is 3.38. The van der Waals surface area contributed by atoms with Crippen molar-refractivity contribution in [2.45, 2.75) is 6.42 Å². The van der Waals surface area contributed by atoms with Gasteiger partial charge in [0, 0.05) is 22.5 Å². The van der Waals surface area contributed by atoms with Crippen LogP contribution >= 0.6 is 15.9 Å². The van der Waals surface area contributed by atoms with Crippen molar-refractivity contribution in [1.29, 1.82) is 0 Å². The average Bonchev–Trinajstić information content (AvgIpc) is 2.89. The van der Waals surface area contributed by atoms with Crippen LogP contribution in [0.15, 0.2) is 51.5 Å². The fourth-order valence-electron chi connectivity index (χ4n) is 1.95. The first-order chi connectivity index (χ1) is 10.1. The van der Waals surface area contributed by atoms with Gasteiger partial charge in [-0.3, -0.25) is 0 Å². The molecular formula is C15H11BrN2O3. The first-order valence-corrected chi connectivity index (χ1v) is 7.00. The Morgan fingerprint density at radius 3 is 2.33 bits per heavy atom. The number of halogens is 1. The Morgan fingerprint density at radius 2 is 1.67 bits per heavy atom. The number of hydrogen-bond acceptors (Lipinski definition) is 5. The smallest absolute Gasteiger partial charge is 0.258 e. The summed E-state index contributed by atoms with van der Waals surface area (Å²) in [5.74, 6) is 0.679. The summed E-state index contributed by atoms with van der Waals surface area (Å²) in [6.07, 6.45) is 0.543. The minimum absolute atomic E-state index is 0.0577. The minimum Gasteiger partial charge on any atom is -0.508 e. The highest BCUT2D eigenvalue weighted by molar-refractivity contribution is 9.10. The monoisotopic (exact) mass is 346 g/mol. The van der Waals surface area contributed by atoms with E-state index in [1.165, 1.54) is 18.2 Å². The van der Waals surface area contributed by atoms with E-state index in [2.05, 4.69) is 26.1 Å². The number of nitrogens with zero attached hydrogens (tertiary/aromatic N) is 2. The first kappa shape index (κ1) is 13.6. The predicted octanol–water partition coefficient (Wildman–Crippen LogP) is 3.50. The molecule has 2 aromatic carbocycles. The van der Waals surface area contributed by atoms with E-state index in [4.69, 9.17) is 4.52 Å². The van der Waals surface area contributed by atoms with Gasteiger partial charge in [0.2, 0.25) is 0 Å². The highest BCUT2D eigenvalue weighted by Crippen LogP contribution is 2.27. The zero-order valence-corrected chi connectivity index (χ0v) is 12.4. The molecule has 0 amide bonds. The van der Waals surface area contributed by atoms with Crippen LogP contribution in [-0.4, -0.2) is 20.4 Å². The lowest BCUT2D eigenvalue weighted by Crippen LogP contribution is -1.90. The third-order valence-electron chi connectivity index (χ3n) is 2.89. The third-order valence-corrected chi connectivity index (χ3v) is 3.42. The van der Waals surface area contributed by atoms with Gasteiger partial charge in [0.15, 0.2) is 5.82 Å². The maximum atomic E-state index is 9.47. The highest BCUT2D eigenvalue weighted by atomic mass is 79.9. The van der Waals surface area contributed by atoms with E-state index in [-0.39, 0.29) is 17.4 Å². The number of phenols is 2. The van der Waals surface area contributed by atoms with E-state index in [0.717, 1.165) is 10.0 Å². The van der Waals surface area contributed by atoms with Gasteiger partial charge in [-0.2, -0.15) is 4.98 Å². The zero-order valence-electron chi connectivity index (χ0n) is 10.8. The molecule has 2 N–H and O–H groups in total. The topological polar surface area (TPSA) is 79.4 Å². The predicted molar refractivity (Wildman–Crippen MR) is 80.0 cm³/mol. The summed E-state index contributed by atoms with van der Waals surface area (Å²) in [6, 6.07) is 12.0. The number of benzene rings is 2. The van der Waals surface area contributed by atoms with Crippen molar-refractivity contribution in [2.24, 2.45) is 0 Å². The molecule has 0 aliphatic rings. The van der Waals surface area contributed by atoms with E-state index in [9.17, 15) is 10.2 Å². The second kappa shape index (κ2) is 5.57. The molecule has 0 fully saturated rings. The second-order valence-electron chi connectivity index (χ2n) is 4.56. The minimum atomic E-state index is -0.0577. The maximum Gasteiger partial charge on any atom is 0.258 e. The maximum absolute atomic E-state index is 9.47. The van der Waals surface area contributed by atoms with E-state index in [1.54, 1.807) is 0 Å². The van der Waals surface area contributed by atoms with Gasteiger partial charge in [-0.1, -0.05) is 33.2 Å². The lowest BCUT2D eigenvalue weighted by Gasteiger charge is -1.98. The molecule has 0 spiro atoms. The van der Waals surface area contributed by atoms with Gasteiger partial charge in [0.1, 0.15) is 11.5 Å². The summed E-state index contributed by atoms with van der Waals surface area (Å²) in [6.45, 7) is 0. The third kappa shape index (κ3) is 3.22. The van der Waals surface area contributed by atoms with E-state index < -0.39 is 0 Å². The molecule has 0 bridgehead atoms. The van der Waals surface area contributed by atoms with Crippen LogP contribution in [-0.2, 0) is 6.42 Å². The molecule has 0 unspecified atom stereocenters. The molecule has 106 valence electrons. The van der Waals surface area contributed by atoms with Crippen molar-refractivity contribution in [2.75, 3.05) is 0 Å². The van der Waals surface area contributed by atoms with Crippen molar-refractivity contribution < 1.29 is 14.7 Å². The second-order valence-corrected chi connectivity index (χ2v) is 5.47. The lowest BCUT2D eigenvalue weighted by molar-refractivity contribution is 0.421. The van der Waals surface area contributed by atoms with Gasteiger partial charge in [-0.25, -0.2) is 0 Å². The van der Waals surface area contributed by atoms with Crippen LogP contribution < -0.4 is 0 Å². The largest absolute Gasteiger partial charge is 0.508 e. The van der Waals surface area contributed by atoms with Crippen molar-refractivity contribution in [1.82, 2.24) is 10.1 Å². The molecule has 0 atom stereocenters. The zero-order chi connectivity index (χ0) is 14.8. The van der Waals surface area contributed by atoms with Crippen LogP contribution in [0.2, 0.25) is 0 Å². The molecule has 21 heavy (non-hydrogen) atoms. The van der Waals surface area contributed by atoms with E-state index in [1.807, 2.05) is 24.3 Å². The number of phenolic OH excluding ortho intramolecular Hbond substituents is 2. The lowest BCUT2D eigenvalue weighted by atomic mass is 10.1. The molecular weight excluding hydrogens is 336 g/mol. The Kier molecular flexibility index (Phi) is 3.62. The normalized spacial score (nSPS) is 10.7. The Balaban J connectivity index is 1.84. The van der Waals surface area contributed by atoms with Crippen molar-refractivity contribution in [3.05, 3.63) is 58.3 Å². The molecule has 5 nitrogen and oxygen atoms in total. The fourth-order valence-corrected chi connectivity index (χ4v) is 2.21. The molecule has 0 saturated heterocycles. The molecule has 6 heteroatoms. The number of hydrogen-bond donors (Lipinski definition) is 2. The Hall–Kier alpha value is -2.34. The molecule has 1 aromatic heterocycles. The van der Waals surface area contributed by atoms with Crippen LogP contribution in [0.5, 0.6) is 11.5 Å². The standard InChI is InChI=1S/C15H11BrN2O3/c16-11-3-1-9(2-4-11)5-14-17-15(21-18-14)10-6-12(19)8-13(20)7-10/h1-4,6-8,19-20H,5H2. The summed E-state index contributed by atoms with van der Waals surface area (Å²) in [7, 11) is 0. The fraction of sp³-hybridized carbons (Fsp3) is 0.0667. The van der Waals surface area contributed by atoms with Crippen molar-refractivity contribution >= 4 is 15.9 Å². The van der Waals surface area contributed by atoms with Gasteiger partial charge in [0.25, 0.3) is 5.89 Å². The number of aromatic nitrogens is 2. The molecule has 0 radical (unpaired) electrons. The summed E-state index contributed by atoms with van der Waals surface area (Å²) in [5.41, 5.74) is 1.53. The Labute approximate surface area is 129 Å². The van der Waals surface area contributed by atoms with Crippen LogP contribution in [0.4, 0.5) is 0 Å². The Morgan fingerprint density at radius 1 is 1.00 bits per heavy atom. The molecule has 0 saturated carbocycles. The van der Waals surface area contributed by atoms with E-state index in [0.29, 0.717) is 17.8 Å².